The first-order chi connectivity index (χ1) is 14.9. The molecule has 1 saturated carbocycles. The maximum Gasteiger partial charge on any atom is 0.573 e. The van der Waals surface area contributed by atoms with Crippen LogP contribution in [0, 0.1) is 5.92 Å². The molecule has 2 aliphatic rings. The fourth-order valence-electron chi connectivity index (χ4n) is 3.68. The summed E-state index contributed by atoms with van der Waals surface area (Å²) in [4.78, 5) is 2.17. The SMILES string of the molecule is CCN1CCOc2c1c(NCC1CC1)nn1c(-c3cccc(OC(F)(F)F)c3)nnc21. The summed E-state index contributed by atoms with van der Waals surface area (Å²) in [7, 11) is 0. The number of likely N-dealkylation sites (N-methyl/N-ethyl adjacent to an activating group) is 1. The van der Waals surface area contributed by atoms with Crippen LogP contribution < -0.4 is 19.7 Å². The van der Waals surface area contributed by atoms with Crippen molar-refractivity contribution in [2.75, 3.05) is 36.5 Å². The fourth-order valence-corrected chi connectivity index (χ4v) is 3.68. The van der Waals surface area contributed by atoms with Gasteiger partial charge in [-0.2, -0.15) is 4.52 Å². The van der Waals surface area contributed by atoms with E-state index in [1.807, 2.05) is 0 Å². The largest absolute Gasteiger partial charge is 0.573 e. The summed E-state index contributed by atoms with van der Waals surface area (Å²) in [5.41, 5.74) is 1.66. The Morgan fingerprint density at radius 3 is 2.84 bits per heavy atom. The Bertz CT molecular complexity index is 1110. The predicted molar refractivity (Wildman–Crippen MR) is 107 cm³/mol. The number of fused-ring (bicyclic) bond motifs is 3. The van der Waals surface area contributed by atoms with Gasteiger partial charge in [-0.25, -0.2) is 0 Å². The third kappa shape index (κ3) is 3.91. The molecule has 2 aromatic heterocycles. The van der Waals surface area contributed by atoms with Gasteiger partial charge in [-0.1, -0.05) is 12.1 Å². The Balaban J connectivity index is 1.61. The van der Waals surface area contributed by atoms with E-state index in [1.54, 1.807) is 6.07 Å². The molecule has 1 N–H and O–H groups in total. The van der Waals surface area contributed by atoms with E-state index in [0.29, 0.717) is 41.1 Å². The molecule has 3 aromatic rings. The van der Waals surface area contributed by atoms with Crippen molar-refractivity contribution < 1.29 is 22.6 Å². The van der Waals surface area contributed by atoms with Gasteiger partial charge in [-0.3, -0.25) is 0 Å². The Labute approximate surface area is 176 Å². The molecular weight excluding hydrogens is 413 g/mol. The molecule has 31 heavy (non-hydrogen) atoms. The van der Waals surface area contributed by atoms with E-state index in [9.17, 15) is 13.2 Å². The lowest BCUT2D eigenvalue weighted by Gasteiger charge is -2.31. The Kier molecular flexibility index (Phi) is 4.75. The summed E-state index contributed by atoms with van der Waals surface area (Å²) in [5, 5.41) is 16.6. The van der Waals surface area contributed by atoms with Gasteiger partial charge in [0, 0.05) is 18.7 Å². The van der Waals surface area contributed by atoms with Crippen LogP contribution in [0.2, 0.25) is 0 Å². The first-order valence-electron chi connectivity index (χ1n) is 10.2. The van der Waals surface area contributed by atoms with Crippen LogP contribution in [-0.4, -0.2) is 52.4 Å². The maximum absolute atomic E-state index is 12.6. The number of halogens is 3. The first-order valence-corrected chi connectivity index (χ1v) is 10.2. The van der Waals surface area contributed by atoms with Crippen molar-refractivity contribution in [3.8, 4) is 22.9 Å². The summed E-state index contributed by atoms with van der Waals surface area (Å²) in [6, 6.07) is 5.61. The van der Waals surface area contributed by atoms with Crippen LogP contribution in [0.1, 0.15) is 19.8 Å². The third-order valence-corrected chi connectivity index (χ3v) is 5.37. The van der Waals surface area contributed by atoms with Crippen LogP contribution in [0.15, 0.2) is 24.3 Å². The van der Waals surface area contributed by atoms with Gasteiger partial charge < -0.3 is 19.7 Å². The lowest BCUT2D eigenvalue weighted by Crippen LogP contribution is -2.34. The van der Waals surface area contributed by atoms with Crippen molar-refractivity contribution in [1.82, 2.24) is 19.8 Å². The van der Waals surface area contributed by atoms with Crippen molar-refractivity contribution >= 4 is 17.2 Å². The van der Waals surface area contributed by atoms with E-state index in [0.717, 1.165) is 25.3 Å². The molecule has 1 aliphatic carbocycles. The van der Waals surface area contributed by atoms with E-state index in [-0.39, 0.29) is 5.75 Å². The van der Waals surface area contributed by atoms with Crippen molar-refractivity contribution in [2.24, 2.45) is 5.92 Å². The predicted octanol–water partition coefficient (Wildman–Crippen LogP) is 3.73. The molecule has 0 radical (unpaired) electrons. The third-order valence-electron chi connectivity index (χ3n) is 5.37. The summed E-state index contributed by atoms with van der Waals surface area (Å²) >= 11 is 0. The maximum atomic E-state index is 12.6. The second kappa shape index (κ2) is 7.47. The number of ether oxygens (including phenoxy) is 2. The van der Waals surface area contributed by atoms with Crippen molar-refractivity contribution in [3.05, 3.63) is 24.3 Å². The number of anilines is 2. The highest BCUT2D eigenvalue weighted by molar-refractivity contribution is 5.82. The lowest BCUT2D eigenvalue weighted by atomic mass is 10.2. The Morgan fingerprint density at radius 2 is 2.10 bits per heavy atom. The van der Waals surface area contributed by atoms with Gasteiger partial charge >= 0.3 is 6.36 Å². The van der Waals surface area contributed by atoms with Crippen molar-refractivity contribution in [2.45, 2.75) is 26.1 Å². The second-order valence-electron chi connectivity index (χ2n) is 7.61. The molecule has 8 nitrogen and oxygen atoms in total. The topological polar surface area (TPSA) is 76.8 Å². The van der Waals surface area contributed by atoms with E-state index in [1.165, 1.54) is 35.6 Å². The van der Waals surface area contributed by atoms with Gasteiger partial charge in [0.1, 0.15) is 18.0 Å². The normalized spacial score (nSPS) is 16.2. The highest BCUT2D eigenvalue weighted by atomic mass is 19.4. The zero-order valence-corrected chi connectivity index (χ0v) is 16.8. The zero-order chi connectivity index (χ0) is 21.6. The molecule has 11 heteroatoms. The summed E-state index contributed by atoms with van der Waals surface area (Å²) in [5.74, 6) is 1.82. The number of hydrogen-bond donors (Lipinski definition) is 1. The summed E-state index contributed by atoms with van der Waals surface area (Å²) < 4.78 is 49.4. The molecule has 1 fully saturated rings. The van der Waals surface area contributed by atoms with Crippen LogP contribution in [0.5, 0.6) is 11.5 Å². The molecule has 1 aliphatic heterocycles. The highest BCUT2D eigenvalue weighted by Gasteiger charge is 2.32. The minimum absolute atomic E-state index is 0.303. The molecular formula is C20H21F3N6O2. The van der Waals surface area contributed by atoms with Crippen LogP contribution in [0.25, 0.3) is 17.0 Å². The smallest absolute Gasteiger partial charge is 0.486 e. The number of benzene rings is 1. The van der Waals surface area contributed by atoms with Gasteiger partial charge in [0.05, 0.1) is 6.54 Å². The zero-order valence-electron chi connectivity index (χ0n) is 16.8. The molecule has 0 saturated heterocycles. The van der Waals surface area contributed by atoms with Gasteiger partial charge in [0.25, 0.3) is 0 Å². The van der Waals surface area contributed by atoms with Crippen LogP contribution >= 0.6 is 0 Å². The first kappa shape index (κ1) is 19.7. The van der Waals surface area contributed by atoms with Crippen molar-refractivity contribution in [1.29, 1.82) is 0 Å². The molecule has 0 unspecified atom stereocenters. The molecule has 3 heterocycles. The van der Waals surface area contributed by atoms with Gasteiger partial charge in [-0.05, 0) is 37.8 Å². The lowest BCUT2D eigenvalue weighted by molar-refractivity contribution is -0.274. The van der Waals surface area contributed by atoms with Gasteiger partial charge in [0.15, 0.2) is 17.4 Å². The second-order valence-corrected chi connectivity index (χ2v) is 7.61. The number of nitrogens with one attached hydrogen (secondary N) is 1. The molecule has 5 rings (SSSR count). The van der Waals surface area contributed by atoms with Crippen LogP contribution in [0.4, 0.5) is 24.7 Å². The Morgan fingerprint density at radius 1 is 1.26 bits per heavy atom. The average molecular weight is 434 g/mol. The van der Waals surface area contributed by atoms with Crippen molar-refractivity contribution in [3.63, 3.8) is 0 Å². The number of rotatable bonds is 6. The van der Waals surface area contributed by atoms with Gasteiger partial charge in [-0.15, -0.1) is 28.5 Å². The minimum Gasteiger partial charge on any atom is -0.486 e. The fraction of sp³-hybridized carbons (Fsp3) is 0.450. The monoisotopic (exact) mass is 434 g/mol. The van der Waals surface area contributed by atoms with Crippen LogP contribution in [-0.2, 0) is 0 Å². The quantitative estimate of drug-likeness (QED) is 0.634. The van der Waals surface area contributed by atoms with E-state index < -0.39 is 6.36 Å². The minimum atomic E-state index is -4.78. The average Bonchev–Trinajstić information content (AvgIpc) is 3.47. The molecule has 0 atom stereocenters. The summed E-state index contributed by atoms with van der Waals surface area (Å²) in [6.45, 7) is 4.88. The van der Waals surface area contributed by atoms with E-state index in [2.05, 4.69) is 32.1 Å². The standard InChI is InChI=1S/C20H21F3N6O2/c1-2-28-8-9-30-16-15(28)17(24-11-12-6-7-12)27-29-18(25-26-19(16)29)13-4-3-5-14(10-13)31-20(21,22)23/h3-5,10,12H,2,6-9,11H2,1H3,(H,24,27). The van der Waals surface area contributed by atoms with E-state index in [4.69, 9.17) is 9.84 Å². The molecule has 164 valence electrons. The number of alkyl halides is 3. The molecule has 0 spiro atoms. The summed E-state index contributed by atoms with van der Waals surface area (Å²) in [6.07, 6.45) is -2.40. The van der Waals surface area contributed by atoms with Crippen LogP contribution in [0.3, 0.4) is 0 Å². The van der Waals surface area contributed by atoms with Gasteiger partial charge in [0.2, 0.25) is 5.65 Å². The highest BCUT2D eigenvalue weighted by Crippen LogP contribution is 2.41. The number of aromatic nitrogens is 4. The molecule has 0 amide bonds. The number of hydrogen-bond acceptors (Lipinski definition) is 7. The molecule has 0 bridgehead atoms. The van der Waals surface area contributed by atoms with E-state index >= 15 is 0 Å². The Hall–Kier alpha value is -3.24. The number of nitrogens with zero attached hydrogens (tertiary/aromatic N) is 5. The molecule has 1 aromatic carbocycles.